The van der Waals surface area contributed by atoms with Crippen molar-refractivity contribution < 1.29 is 4.79 Å². The van der Waals surface area contributed by atoms with Gasteiger partial charge in [-0.2, -0.15) is 15.3 Å². The van der Waals surface area contributed by atoms with Crippen LogP contribution in [0.4, 0.5) is 0 Å². The minimum Gasteiger partial charge on any atom is -0.336 e. The molecule has 0 N–H and O–H groups in total. The molecule has 5 rings (SSSR count). The van der Waals surface area contributed by atoms with E-state index in [9.17, 15) is 4.79 Å². The van der Waals surface area contributed by atoms with Crippen molar-refractivity contribution in [2.45, 2.75) is 40.3 Å². The predicted octanol–water partition coefficient (Wildman–Crippen LogP) is 2.97. The number of halogens is 1. The summed E-state index contributed by atoms with van der Waals surface area (Å²) in [5.41, 5.74) is 6.19. The van der Waals surface area contributed by atoms with Crippen LogP contribution in [-0.2, 0) is 27.2 Å². The van der Waals surface area contributed by atoms with Crippen molar-refractivity contribution in [2.75, 3.05) is 26.2 Å². The molecule has 0 atom stereocenters. The lowest BCUT2D eigenvalue weighted by molar-refractivity contribution is 0.0630. The van der Waals surface area contributed by atoms with E-state index in [1.165, 1.54) is 5.56 Å². The summed E-state index contributed by atoms with van der Waals surface area (Å²) in [6.45, 7) is 10.7. The molecule has 1 saturated heterocycles. The SMILES string of the molecule is CCCn1nc(C)c2c(C(=O)N3CCN(Cc4cnn(C)c4)CC3)cc(-c3cnn(C)c3C)nc21.Cl. The largest absolute Gasteiger partial charge is 0.336 e. The van der Waals surface area contributed by atoms with Crippen LogP contribution in [-0.4, -0.2) is 76.2 Å². The fraction of sp³-hybridized carbons (Fsp3) is 0.480. The first-order chi connectivity index (χ1) is 16.9. The van der Waals surface area contributed by atoms with Crippen LogP contribution in [0.2, 0.25) is 0 Å². The van der Waals surface area contributed by atoms with Crippen molar-refractivity contribution in [2.24, 2.45) is 14.1 Å². The number of fused-ring (bicyclic) bond motifs is 1. The van der Waals surface area contributed by atoms with E-state index in [4.69, 9.17) is 10.1 Å². The Morgan fingerprint density at radius 1 is 1.06 bits per heavy atom. The molecule has 4 aromatic rings. The molecule has 10 nitrogen and oxygen atoms in total. The zero-order valence-electron chi connectivity index (χ0n) is 21.6. The lowest BCUT2D eigenvalue weighted by Crippen LogP contribution is -2.48. The third-order valence-corrected chi connectivity index (χ3v) is 6.88. The maximum Gasteiger partial charge on any atom is 0.254 e. The summed E-state index contributed by atoms with van der Waals surface area (Å²) in [6, 6.07) is 1.93. The number of rotatable bonds is 6. The standard InChI is InChI=1S/C25H33N9O.ClH/c1-6-7-34-24-23(17(2)29-34)20(12-22(28-24)21-14-27-31(5)18(21)3)25(35)33-10-8-32(9-11-33)16-19-13-26-30(4)15-19;/h12-15H,6-11,16H2,1-5H3;1H. The van der Waals surface area contributed by atoms with Crippen LogP contribution in [0.3, 0.4) is 0 Å². The second kappa shape index (κ2) is 10.4. The van der Waals surface area contributed by atoms with Crippen LogP contribution in [0.1, 0.15) is 40.7 Å². The Morgan fingerprint density at radius 2 is 1.81 bits per heavy atom. The van der Waals surface area contributed by atoms with Crippen molar-refractivity contribution >= 4 is 29.3 Å². The monoisotopic (exact) mass is 511 g/mol. The van der Waals surface area contributed by atoms with Crippen LogP contribution in [0, 0.1) is 13.8 Å². The topological polar surface area (TPSA) is 89.9 Å². The van der Waals surface area contributed by atoms with Crippen molar-refractivity contribution in [1.29, 1.82) is 0 Å². The molecule has 0 radical (unpaired) electrons. The number of amides is 1. The van der Waals surface area contributed by atoms with E-state index in [0.717, 1.165) is 66.3 Å². The minimum atomic E-state index is 0. The van der Waals surface area contributed by atoms with E-state index >= 15 is 0 Å². The molecule has 1 aliphatic heterocycles. The molecule has 36 heavy (non-hydrogen) atoms. The van der Waals surface area contributed by atoms with Gasteiger partial charge in [0.15, 0.2) is 5.65 Å². The molecule has 4 aromatic heterocycles. The van der Waals surface area contributed by atoms with Crippen LogP contribution >= 0.6 is 12.4 Å². The number of hydrogen-bond acceptors (Lipinski definition) is 6. The average molecular weight is 512 g/mol. The molecule has 1 amide bonds. The van der Waals surface area contributed by atoms with E-state index in [2.05, 4.69) is 22.0 Å². The van der Waals surface area contributed by atoms with Crippen molar-refractivity contribution in [3.63, 3.8) is 0 Å². The number of nitrogens with zero attached hydrogens (tertiary/aromatic N) is 9. The summed E-state index contributed by atoms with van der Waals surface area (Å²) in [4.78, 5) is 23.2. The smallest absolute Gasteiger partial charge is 0.254 e. The van der Waals surface area contributed by atoms with Gasteiger partial charge in [0, 0.05) is 76.4 Å². The van der Waals surface area contributed by atoms with Gasteiger partial charge < -0.3 is 4.90 Å². The molecule has 5 heterocycles. The quantitative estimate of drug-likeness (QED) is 0.395. The molecule has 0 bridgehead atoms. The van der Waals surface area contributed by atoms with Gasteiger partial charge in [-0.05, 0) is 26.3 Å². The molecule has 0 spiro atoms. The number of hydrogen-bond donors (Lipinski definition) is 0. The molecule has 192 valence electrons. The maximum absolute atomic E-state index is 13.9. The number of aromatic nitrogens is 7. The second-order valence-corrected chi connectivity index (χ2v) is 9.42. The summed E-state index contributed by atoms with van der Waals surface area (Å²) >= 11 is 0. The summed E-state index contributed by atoms with van der Waals surface area (Å²) in [5, 5.41) is 14.2. The summed E-state index contributed by atoms with van der Waals surface area (Å²) in [6.07, 6.45) is 6.71. The van der Waals surface area contributed by atoms with E-state index in [-0.39, 0.29) is 18.3 Å². The predicted molar refractivity (Wildman–Crippen MR) is 141 cm³/mol. The fourth-order valence-corrected chi connectivity index (χ4v) is 4.87. The molecule has 0 aromatic carbocycles. The molecule has 0 saturated carbocycles. The van der Waals surface area contributed by atoms with Crippen LogP contribution in [0.15, 0.2) is 24.7 Å². The van der Waals surface area contributed by atoms with Gasteiger partial charge in [0.2, 0.25) is 0 Å². The minimum absolute atomic E-state index is 0. The number of carbonyl (C=O) groups excluding carboxylic acids is 1. The summed E-state index contributed by atoms with van der Waals surface area (Å²) < 4.78 is 5.59. The number of aryl methyl sites for hydroxylation is 4. The van der Waals surface area contributed by atoms with E-state index in [1.807, 2.05) is 71.5 Å². The second-order valence-electron chi connectivity index (χ2n) is 9.42. The first-order valence-electron chi connectivity index (χ1n) is 12.2. The third-order valence-electron chi connectivity index (χ3n) is 6.88. The molecule has 0 aliphatic carbocycles. The van der Waals surface area contributed by atoms with Crippen molar-refractivity contribution in [3.05, 3.63) is 47.2 Å². The highest BCUT2D eigenvalue weighted by Gasteiger charge is 2.27. The number of carbonyl (C=O) groups is 1. The molecule has 11 heteroatoms. The Morgan fingerprint density at radius 3 is 2.42 bits per heavy atom. The van der Waals surface area contributed by atoms with Gasteiger partial charge in [-0.25, -0.2) is 9.67 Å². The first-order valence-corrected chi connectivity index (χ1v) is 12.2. The highest BCUT2D eigenvalue weighted by atomic mass is 35.5. The van der Waals surface area contributed by atoms with E-state index in [1.54, 1.807) is 0 Å². The lowest BCUT2D eigenvalue weighted by Gasteiger charge is -2.34. The van der Waals surface area contributed by atoms with Gasteiger partial charge in [0.05, 0.1) is 34.7 Å². The average Bonchev–Trinajstić information content (AvgIpc) is 3.51. The lowest BCUT2D eigenvalue weighted by atomic mass is 10.0. The van der Waals surface area contributed by atoms with Gasteiger partial charge >= 0.3 is 0 Å². The number of piperazine rings is 1. The zero-order valence-corrected chi connectivity index (χ0v) is 22.4. The van der Waals surface area contributed by atoms with Gasteiger partial charge in [-0.1, -0.05) is 6.92 Å². The summed E-state index contributed by atoms with van der Waals surface area (Å²) in [5.74, 6) is 0.0420. The van der Waals surface area contributed by atoms with Crippen LogP contribution in [0.25, 0.3) is 22.3 Å². The van der Waals surface area contributed by atoms with E-state index < -0.39 is 0 Å². The molecular weight excluding hydrogens is 478 g/mol. The van der Waals surface area contributed by atoms with Crippen molar-refractivity contribution in [3.8, 4) is 11.3 Å². The van der Waals surface area contributed by atoms with Crippen molar-refractivity contribution in [1.82, 2.24) is 44.1 Å². The normalized spacial score (nSPS) is 14.4. The Bertz CT molecular complexity index is 1380. The Balaban J connectivity index is 0.00000304. The molecule has 0 unspecified atom stereocenters. The fourth-order valence-electron chi connectivity index (χ4n) is 4.87. The van der Waals surface area contributed by atoms with Gasteiger partial charge in [-0.3, -0.25) is 19.1 Å². The Labute approximate surface area is 217 Å². The zero-order chi connectivity index (χ0) is 24.7. The molecule has 1 aliphatic rings. The highest BCUT2D eigenvalue weighted by Crippen LogP contribution is 2.30. The van der Waals surface area contributed by atoms with Crippen LogP contribution < -0.4 is 0 Å². The van der Waals surface area contributed by atoms with Gasteiger partial charge in [0.1, 0.15) is 0 Å². The third kappa shape index (κ3) is 4.75. The van der Waals surface area contributed by atoms with Gasteiger partial charge in [-0.15, -0.1) is 12.4 Å². The number of pyridine rings is 1. The van der Waals surface area contributed by atoms with Gasteiger partial charge in [0.25, 0.3) is 5.91 Å². The van der Waals surface area contributed by atoms with E-state index in [0.29, 0.717) is 18.7 Å². The Kier molecular flexibility index (Phi) is 7.46. The van der Waals surface area contributed by atoms with Crippen LogP contribution in [0.5, 0.6) is 0 Å². The first kappa shape index (κ1) is 25.8. The maximum atomic E-state index is 13.9. The Hall–Kier alpha value is -3.24. The summed E-state index contributed by atoms with van der Waals surface area (Å²) in [7, 11) is 3.85. The molecule has 1 fully saturated rings. The molecular formula is C25H34ClN9O. The highest BCUT2D eigenvalue weighted by molar-refractivity contribution is 6.07.